The summed E-state index contributed by atoms with van der Waals surface area (Å²) in [5.41, 5.74) is 1.41. The van der Waals surface area contributed by atoms with Crippen LogP contribution in [0.15, 0.2) is 41.9 Å². The Morgan fingerprint density at radius 1 is 1.24 bits per heavy atom. The lowest BCUT2D eigenvalue weighted by Crippen LogP contribution is -2.12. The molecule has 2 atom stereocenters. The first-order valence-corrected chi connectivity index (χ1v) is 7.12. The van der Waals surface area contributed by atoms with Crippen LogP contribution in [0.4, 0.5) is 0 Å². The molecule has 0 saturated carbocycles. The van der Waals surface area contributed by atoms with Crippen LogP contribution < -0.4 is 0 Å². The van der Waals surface area contributed by atoms with Gasteiger partial charge in [0.25, 0.3) is 0 Å². The summed E-state index contributed by atoms with van der Waals surface area (Å²) < 4.78 is 0. The van der Waals surface area contributed by atoms with Gasteiger partial charge in [0.1, 0.15) is 0 Å². The highest BCUT2D eigenvalue weighted by atomic mass is 32.1. The second-order valence-corrected chi connectivity index (χ2v) is 5.48. The van der Waals surface area contributed by atoms with Gasteiger partial charge in [-0.3, -0.25) is 0 Å². The molecule has 0 spiro atoms. The topological polar surface area (TPSA) is 12.9 Å². The van der Waals surface area contributed by atoms with E-state index < -0.39 is 0 Å². The fourth-order valence-corrected chi connectivity index (χ4v) is 2.98. The fraction of sp³-hybridized carbons (Fsp3) is 0.400. The molecule has 2 rings (SSSR count). The van der Waals surface area contributed by atoms with E-state index in [0.29, 0.717) is 11.8 Å². The molecule has 1 heterocycles. The predicted molar refractivity (Wildman–Crippen MR) is 74.5 cm³/mol. The van der Waals surface area contributed by atoms with Gasteiger partial charge in [-0.05, 0) is 17.9 Å². The normalized spacial score (nSPS) is 14.5. The van der Waals surface area contributed by atoms with Crippen LogP contribution in [0.3, 0.4) is 0 Å². The predicted octanol–water partition coefficient (Wildman–Crippen LogP) is 4.52. The van der Waals surface area contributed by atoms with Gasteiger partial charge in [0.05, 0.1) is 5.01 Å². The quantitative estimate of drug-likeness (QED) is 0.755. The van der Waals surface area contributed by atoms with Crippen LogP contribution in [0.5, 0.6) is 0 Å². The number of rotatable bonds is 5. The van der Waals surface area contributed by atoms with Crippen molar-refractivity contribution < 1.29 is 0 Å². The molecule has 2 unspecified atom stereocenters. The summed E-state index contributed by atoms with van der Waals surface area (Å²) in [6.07, 6.45) is 4.22. The van der Waals surface area contributed by atoms with Gasteiger partial charge < -0.3 is 0 Å². The Morgan fingerprint density at radius 2 is 2.00 bits per heavy atom. The summed E-state index contributed by atoms with van der Waals surface area (Å²) >= 11 is 1.78. The Morgan fingerprint density at radius 3 is 2.59 bits per heavy atom. The molecule has 0 bridgehead atoms. The minimum Gasteiger partial charge on any atom is -0.249 e. The average molecular weight is 245 g/mol. The monoisotopic (exact) mass is 245 g/mol. The first-order valence-electron chi connectivity index (χ1n) is 6.24. The van der Waals surface area contributed by atoms with E-state index in [1.54, 1.807) is 11.3 Å². The number of hydrogen-bond acceptors (Lipinski definition) is 2. The molecule has 0 amide bonds. The lowest BCUT2D eigenvalue weighted by molar-refractivity contribution is 0.441. The van der Waals surface area contributed by atoms with Crippen molar-refractivity contribution in [1.82, 2.24) is 4.98 Å². The first kappa shape index (κ1) is 12.3. The van der Waals surface area contributed by atoms with E-state index in [9.17, 15) is 0 Å². The van der Waals surface area contributed by atoms with Crippen LogP contribution in [0.25, 0.3) is 0 Å². The molecule has 0 saturated heterocycles. The molecule has 0 aliphatic rings. The van der Waals surface area contributed by atoms with Crippen molar-refractivity contribution in [2.75, 3.05) is 0 Å². The minimum absolute atomic E-state index is 0.558. The molecule has 2 heteroatoms. The standard InChI is InChI=1S/C15H19NS/c1-3-12(2)14(15-16-9-10-17-15)11-13-7-5-4-6-8-13/h4-10,12,14H,3,11H2,1-2H3. The number of thiazole rings is 1. The second-order valence-electron chi connectivity index (χ2n) is 4.55. The molecule has 0 aliphatic heterocycles. The maximum absolute atomic E-state index is 4.50. The van der Waals surface area contributed by atoms with Gasteiger partial charge in [0, 0.05) is 17.5 Å². The minimum atomic E-state index is 0.558. The van der Waals surface area contributed by atoms with Crippen LogP contribution >= 0.6 is 11.3 Å². The van der Waals surface area contributed by atoms with Gasteiger partial charge in [-0.1, -0.05) is 50.6 Å². The summed E-state index contributed by atoms with van der Waals surface area (Å²) in [7, 11) is 0. The zero-order chi connectivity index (χ0) is 12.1. The molecular weight excluding hydrogens is 226 g/mol. The Hall–Kier alpha value is -1.15. The average Bonchev–Trinajstić information content (AvgIpc) is 2.90. The van der Waals surface area contributed by atoms with Gasteiger partial charge in [0.15, 0.2) is 0 Å². The summed E-state index contributed by atoms with van der Waals surface area (Å²) in [6.45, 7) is 4.59. The largest absolute Gasteiger partial charge is 0.249 e. The van der Waals surface area contributed by atoms with Crippen molar-refractivity contribution in [3.05, 3.63) is 52.5 Å². The third-order valence-corrected chi connectivity index (χ3v) is 4.31. The Bertz CT molecular complexity index is 421. The van der Waals surface area contributed by atoms with Gasteiger partial charge in [-0.2, -0.15) is 0 Å². The van der Waals surface area contributed by atoms with E-state index in [-0.39, 0.29) is 0 Å². The number of hydrogen-bond donors (Lipinski definition) is 0. The van der Waals surface area contributed by atoms with E-state index in [4.69, 9.17) is 0 Å². The van der Waals surface area contributed by atoms with E-state index in [0.717, 1.165) is 6.42 Å². The molecule has 0 N–H and O–H groups in total. The zero-order valence-corrected chi connectivity index (χ0v) is 11.3. The van der Waals surface area contributed by atoms with Gasteiger partial charge >= 0.3 is 0 Å². The highest BCUT2D eigenvalue weighted by molar-refractivity contribution is 7.09. The van der Waals surface area contributed by atoms with Crippen LogP contribution in [-0.4, -0.2) is 4.98 Å². The number of benzene rings is 1. The Balaban J connectivity index is 2.17. The van der Waals surface area contributed by atoms with Gasteiger partial charge in [-0.25, -0.2) is 4.98 Å². The van der Waals surface area contributed by atoms with Crippen molar-refractivity contribution in [3.8, 4) is 0 Å². The molecule has 1 aromatic heterocycles. The lowest BCUT2D eigenvalue weighted by atomic mass is 9.87. The summed E-state index contributed by atoms with van der Waals surface area (Å²) in [4.78, 5) is 4.50. The summed E-state index contributed by atoms with van der Waals surface area (Å²) in [5.74, 6) is 1.24. The van der Waals surface area contributed by atoms with E-state index >= 15 is 0 Å². The third-order valence-electron chi connectivity index (χ3n) is 3.40. The van der Waals surface area contributed by atoms with Crippen LogP contribution in [0.1, 0.15) is 36.8 Å². The third kappa shape index (κ3) is 3.16. The highest BCUT2D eigenvalue weighted by Crippen LogP contribution is 2.31. The van der Waals surface area contributed by atoms with Crippen molar-refractivity contribution >= 4 is 11.3 Å². The van der Waals surface area contributed by atoms with Crippen molar-refractivity contribution in [1.29, 1.82) is 0 Å². The number of nitrogens with zero attached hydrogens (tertiary/aromatic N) is 1. The molecule has 1 aromatic carbocycles. The molecular formula is C15H19NS. The molecule has 0 aliphatic carbocycles. The summed E-state index contributed by atoms with van der Waals surface area (Å²) in [5, 5.41) is 3.36. The van der Waals surface area contributed by atoms with Crippen LogP contribution in [0, 0.1) is 5.92 Å². The first-order chi connectivity index (χ1) is 8.31. The zero-order valence-electron chi connectivity index (χ0n) is 10.5. The van der Waals surface area contributed by atoms with Crippen molar-refractivity contribution in [3.63, 3.8) is 0 Å². The van der Waals surface area contributed by atoms with Gasteiger partial charge in [0.2, 0.25) is 0 Å². The van der Waals surface area contributed by atoms with E-state index in [1.165, 1.54) is 17.0 Å². The molecule has 0 fully saturated rings. The van der Waals surface area contributed by atoms with Crippen LogP contribution in [0.2, 0.25) is 0 Å². The highest BCUT2D eigenvalue weighted by Gasteiger charge is 2.20. The van der Waals surface area contributed by atoms with E-state index in [1.807, 2.05) is 6.20 Å². The molecule has 2 aromatic rings. The van der Waals surface area contributed by atoms with Crippen molar-refractivity contribution in [2.45, 2.75) is 32.6 Å². The summed E-state index contributed by atoms with van der Waals surface area (Å²) in [6, 6.07) is 10.7. The Kier molecular flexibility index (Phi) is 4.32. The molecule has 17 heavy (non-hydrogen) atoms. The van der Waals surface area contributed by atoms with Gasteiger partial charge in [-0.15, -0.1) is 11.3 Å². The molecule has 1 nitrogen and oxygen atoms in total. The smallest absolute Gasteiger partial charge is 0.0961 e. The Labute approximate surface area is 108 Å². The maximum atomic E-state index is 4.50. The molecule has 0 radical (unpaired) electrons. The fourth-order valence-electron chi connectivity index (χ4n) is 2.10. The van der Waals surface area contributed by atoms with Crippen LogP contribution in [-0.2, 0) is 6.42 Å². The van der Waals surface area contributed by atoms with Crippen molar-refractivity contribution in [2.24, 2.45) is 5.92 Å². The van der Waals surface area contributed by atoms with E-state index in [2.05, 4.69) is 54.5 Å². The SMILES string of the molecule is CCC(C)C(Cc1ccccc1)c1nccs1. The second kappa shape index (κ2) is 5.97. The lowest BCUT2D eigenvalue weighted by Gasteiger charge is -2.21. The maximum Gasteiger partial charge on any atom is 0.0961 e. The molecule has 90 valence electrons. The number of aromatic nitrogens is 1.